The van der Waals surface area contributed by atoms with Crippen LogP contribution in [0.4, 0.5) is 8.78 Å². The van der Waals surface area contributed by atoms with E-state index in [1.807, 2.05) is 0 Å². The summed E-state index contributed by atoms with van der Waals surface area (Å²) in [6.45, 7) is 13.5. The summed E-state index contributed by atoms with van der Waals surface area (Å²) in [5, 5.41) is 0. The predicted octanol–water partition coefficient (Wildman–Crippen LogP) is 4.97. The van der Waals surface area contributed by atoms with E-state index >= 15 is 0 Å². The highest BCUT2D eigenvalue weighted by atomic mass is 19.1. The molecule has 4 nitrogen and oxygen atoms in total. The molecule has 3 rings (SSSR count). The average molecular weight is 382 g/mol. The molecule has 0 radical (unpaired) electrons. The van der Waals surface area contributed by atoms with Crippen molar-refractivity contribution in [2.24, 2.45) is 0 Å². The lowest BCUT2D eigenvalue weighted by atomic mass is 10.0. The molecule has 1 aliphatic carbocycles. The van der Waals surface area contributed by atoms with Crippen molar-refractivity contribution >= 4 is 17.5 Å². The quantitative estimate of drug-likeness (QED) is 0.363. The molecule has 0 heterocycles. The summed E-state index contributed by atoms with van der Waals surface area (Å²) in [5.41, 5.74) is 1.10. The van der Waals surface area contributed by atoms with E-state index in [-0.39, 0.29) is 39.3 Å². The van der Waals surface area contributed by atoms with Gasteiger partial charge in [-0.2, -0.15) is 0 Å². The number of halogens is 2. The van der Waals surface area contributed by atoms with Gasteiger partial charge in [0.05, 0.1) is 0 Å². The van der Waals surface area contributed by atoms with Crippen molar-refractivity contribution < 1.29 is 27.8 Å². The number of benzene rings is 2. The van der Waals surface area contributed by atoms with E-state index in [1.165, 1.54) is 38.1 Å². The first-order valence-electron chi connectivity index (χ1n) is 8.23. The van der Waals surface area contributed by atoms with Crippen molar-refractivity contribution in [1.82, 2.24) is 0 Å². The Balaban J connectivity index is 2.07. The molecule has 0 saturated heterocycles. The number of fused-ring (bicyclic) bond motifs is 3. The maximum absolute atomic E-state index is 15.0. The molecule has 0 saturated carbocycles. The lowest BCUT2D eigenvalue weighted by molar-refractivity contribution is -0.131. The monoisotopic (exact) mass is 382 g/mol. The van der Waals surface area contributed by atoms with Gasteiger partial charge in [0, 0.05) is 22.3 Å². The highest BCUT2D eigenvalue weighted by Gasteiger charge is 2.32. The van der Waals surface area contributed by atoms with Crippen LogP contribution in [0.3, 0.4) is 0 Å². The molecule has 0 unspecified atom stereocenters. The Kier molecular flexibility index (Phi) is 4.73. The summed E-state index contributed by atoms with van der Waals surface area (Å²) < 4.78 is 39.9. The van der Waals surface area contributed by atoms with Gasteiger partial charge in [-0.05, 0) is 54.8 Å². The molecule has 0 spiro atoms. The van der Waals surface area contributed by atoms with E-state index in [9.17, 15) is 18.4 Å². The lowest BCUT2D eigenvalue weighted by Gasteiger charge is -2.09. The predicted molar refractivity (Wildman–Crippen MR) is 101 cm³/mol. The highest BCUT2D eigenvalue weighted by molar-refractivity contribution is 6.02. The van der Waals surface area contributed by atoms with Gasteiger partial charge in [-0.15, -0.1) is 0 Å². The first-order chi connectivity index (χ1) is 13.1. The Morgan fingerprint density at radius 2 is 1.14 bits per heavy atom. The summed E-state index contributed by atoms with van der Waals surface area (Å²) >= 11 is 0. The van der Waals surface area contributed by atoms with Crippen molar-refractivity contribution in [3.8, 4) is 22.6 Å². The van der Waals surface area contributed by atoms with Crippen molar-refractivity contribution in [2.45, 2.75) is 13.8 Å². The number of carbonyl (C=O) groups excluding carboxylic acids is 2. The number of esters is 2. The third-order valence-corrected chi connectivity index (χ3v) is 4.21. The average Bonchev–Trinajstić information content (AvgIpc) is 2.92. The van der Waals surface area contributed by atoms with Crippen LogP contribution in [0.25, 0.3) is 16.7 Å². The van der Waals surface area contributed by atoms with E-state index in [0.717, 1.165) is 0 Å². The second kappa shape index (κ2) is 6.88. The van der Waals surface area contributed by atoms with Gasteiger partial charge in [-0.25, -0.2) is 18.4 Å². The number of carbonyl (C=O) groups is 2. The van der Waals surface area contributed by atoms with E-state index in [2.05, 4.69) is 19.7 Å². The highest BCUT2D eigenvalue weighted by Crippen LogP contribution is 2.49. The fourth-order valence-corrected chi connectivity index (χ4v) is 2.81. The minimum absolute atomic E-state index is 0.0179. The molecule has 6 heteroatoms. The molecule has 0 fully saturated rings. The summed E-state index contributed by atoms with van der Waals surface area (Å²) in [6, 6.07) is 5.58. The minimum Gasteiger partial charge on any atom is -0.420 e. The normalized spacial score (nSPS) is 11.5. The zero-order valence-electron chi connectivity index (χ0n) is 15.3. The van der Waals surface area contributed by atoms with Gasteiger partial charge in [0.2, 0.25) is 0 Å². The van der Waals surface area contributed by atoms with Crippen LogP contribution < -0.4 is 9.47 Å². The van der Waals surface area contributed by atoms with Crippen LogP contribution in [-0.2, 0) is 9.59 Å². The summed E-state index contributed by atoms with van der Waals surface area (Å²) in [4.78, 5) is 23.4. The molecule has 0 aliphatic heterocycles. The second-order valence-electron chi connectivity index (χ2n) is 6.42. The van der Waals surface area contributed by atoms with Gasteiger partial charge >= 0.3 is 11.9 Å². The van der Waals surface area contributed by atoms with Crippen molar-refractivity contribution in [2.75, 3.05) is 0 Å². The minimum atomic E-state index is -0.840. The Morgan fingerprint density at radius 1 is 0.786 bits per heavy atom. The largest absolute Gasteiger partial charge is 0.420 e. The molecule has 0 aromatic heterocycles. The van der Waals surface area contributed by atoms with Gasteiger partial charge in [-0.1, -0.05) is 19.7 Å². The third-order valence-electron chi connectivity index (χ3n) is 4.21. The number of rotatable bonds is 4. The van der Waals surface area contributed by atoms with Crippen LogP contribution in [0.1, 0.15) is 25.0 Å². The van der Waals surface area contributed by atoms with Crippen LogP contribution in [-0.4, -0.2) is 11.9 Å². The number of hydrogen-bond donors (Lipinski definition) is 0. The van der Waals surface area contributed by atoms with Crippen LogP contribution in [0.2, 0.25) is 0 Å². The summed E-state index contributed by atoms with van der Waals surface area (Å²) in [7, 11) is 0. The Bertz CT molecular complexity index is 1010. The Morgan fingerprint density at radius 3 is 1.46 bits per heavy atom. The van der Waals surface area contributed by atoms with Gasteiger partial charge in [0.15, 0.2) is 23.1 Å². The molecule has 28 heavy (non-hydrogen) atoms. The first kappa shape index (κ1) is 19.2. The van der Waals surface area contributed by atoms with Gasteiger partial charge < -0.3 is 9.47 Å². The van der Waals surface area contributed by atoms with E-state index in [4.69, 9.17) is 9.47 Å². The number of ether oxygens (including phenoxy) is 2. The summed E-state index contributed by atoms with van der Waals surface area (Å²) in [6.07, 6.45) is 0. The smallest absolute Gasteiger partial charge is 0.338 e. The zero-order valence-corrected chi connectivity index (χ0v) is 15.3. The van der Waals surface area contributed by atoms with Crippen LogP contribution in [0.15, 0.2) is 55.1 Å². The Hall–Kier alpha value is -3.54. The molecule has 0 amide bonds. The first-order valence-corrected chi connectivity index (χ1v) is 8.23. The molecule has 0 bridgehead atoms. The van der Waals surface area contributed by atoms with Crippen molar-refractivity contribution in [3.63, 3.8) is 0 Å². The van der Waals surface area contributed by atoms with Gasteiger partial charge in [-0.3, -0.25) is 0 Å². The zero-order chi connectivity index (χ0) is 20.7. The van der Waals surface area contributed by atoms with E-state index in [0.29, 0.717) is 11.1 Å². The standard InChI is InChI=1S/C22H16F2O4/c1-10(2)21(25)27-15-8-6-13-14-7-9-16(28-22(26)11(3)4)20(24)18(14)12(5)17(13)19(15)23/h6-9H,1,3,5H2,2,4H3. The Labute approximate surface area is 160 Å². The molecule has 0 atom stereocenters. The third kappa shape index (κ3) is 3.03. The van der Waals surface area contributed by atoms with Crippen molar-refractivity contribution in [3.05, 3.63) is 77.9 Å². The van der Waals surface area contributed by atoms with Crippen molar-refractivity contribution in [1.29, 1.82) is 0 Å². The van der Waals surface area contributed by atoms with E-state index < -0.39 is 23.6 Å². The fourth-order valence-electron chi connectivity index (χ4n) is 2.81. The van der Waals surface area contributed by atoms with Crippen LogP contribution in [0, 0.1) is 11.6 Å². The molecule has 1 aliphatic rings. The summed E-state index contributed by atoms with van der Waals surface area (Å²) in [5.74, 6) is -3.85. The molecular formula is C22H16F2O4. The van der Waals surface area contributed by atoms with Gasteiger partial charge in [0.1, 0.15) is 0 Å². The maximum atomic E-state index is 15.0. The molecule has 2 aromatic carbocycles. The maximum Gasteiger partial charge on any atom is 0.338 e. The van der Waals surface area contributed by atoms with Crippen LogP contribution >= 0.6 is 0 Å². The van der Waals surface area contributed by atoms with E-state index in [1.54, 1.807) is 0 Å². The fraction of sp³-hybridized carbons (Fsp3) is 0.0909. The topological polar surface area (TPSA) is 52.6 Å². The molecular weight excluding hydrogens is 366 g/mol. The van der Waals surface area contributed by atoms with Crippen LogP contribution in [0.5, 0.6) is 11.5 Å². The molecule has 142 valence electrons. The SMILES string of the molecule is C=C(C)C(=O)Oc1ccc2c(c1F)C(=C)c1c-2ccc(OC(=O)C(=C)C)c1F. The second-order valence-corrected chi connectivity index (χ2v) is 6.42. The molecule has 2 aromatic rings. The van der Waals surface area contributed by atoms with Gasteiger partial charge in [0.25, 0.3) is 0 Å². The molecule has 0 N–H and O–H groups in total. The lowest BCUT2D eigenvalue weighted by Crippen LogP contribution is -2.10. The number of hydrogen-bond acceptors (Lipinski definition) is 4.